The Morgan fingerprint density at radius 1 is 1.25 bits per heavy atom. The normalized spacial score (nSPS) is 9.92. The van der Waals surface area contributed by atoms with Gasteiger partial charge in [-0.05, 0) is 23.6 Å². The molecule has 1 aromatic carbocycles. The molecule has 12 heavy (non-hydrogen) atoms. The van der Waals surface area contributed by atoms with Crippen LogP contribution in [0.25, 0.3) is 0 Å². The Kier molecular flexibility index (Phi) is 2.86. The molecule has 0 atom stereocenters. The van der Waals surface area contributed by atoms with Crippen LogP contribution in [0.5, 0.6) is 5.75 Å². The van der Waals surface area contributed by atoms with Crippen LogP contribution in [0.2, 0.25) is 0 Å². The maximum Gasteiger partial charge on any atom is 0.423 e. The summed E-state index contributed by atoms with van der Waals surface area (Å²) in [5, 5.41) is 0. The van der Waals surface area contributed by atoms with Crippen molar-refractivity contribution in [2.24, 2.45) is 0 Å². The van der Waals surface area contributed by atoms with Crippen molar-refractivity contribution in [3.63, 3.8) is 0 Å². The number of carbonyl (C=O) groups excluding carboxylic acids is 1. The monoisotopic (exact) mass is 163 g/mol. The van der Waals surface area contributed by atoms with Gasteiger partial charge in [-0.2, -0.15) is 0 Å². The minimum Gasteiger partial charge on any atom is -0.418 e. The molecule has 2 nitrogen and oxygen atoms in total. The minimum atomic E-state index is 0.499. The molecule has 0 aliphatic heterocycles. The Bertz CT molecular complexity index is 249. The molecule has 63 valence electrons. The summed E-state index contributed by atoms with van der Waals surface area (Å²) in [4.78, 5) is 9.85. The Morgan fingerprint density at radius 3 is 2.25 bits per heavy atom. The zero-order valence-corrected chi connectivity index (χ0v) is 7.20. The molecule has 0 N–H and O–H groups in total. The van der Waals surface area contributed by atoms with E-state index in [1.807, 2.05) is 12.1 Å². The van der Waals surface area contributed by atoms with Gasteiger partial charge in [-0.1, -0.05) is 26.0 Å². The van der Waals surface area contributed by atoms with E-state index in [1.54, 1.807) is 12.1 Å². The molecule has 0 saturated carbocycles. The number of rotatable bonds is 3. The van der Waals surface area contributed by atoms with Gasteiger partial charge < -0.3 is 4.74 Å². The van der Waals surface area contributed by atoms with Crippen molar-refractivity contribution in [1.29, 1.82) is 0 Å². The number of benzene rings is 1. The average Bonchev–Trinajstić information content (AvgIpc) is 2.06. The van der Waals surface area contributed by atoms with E-state index in [9.17, 15) is 4.79 Å². The second kappa shape index (κ2) is 3.90. The number of hydrogen-bond donors (Lipinski definition) is 0. The lowest BCUT2D eigenvalue weighted by Gasteiger charge is -2.04. The van der Waals surface area contributed by atoms with Crippen LogP contribution in [-0.2, 0) is 4.79 Å². The summed E-state index contributed by atoms with van der Waals surface area (Å²) in [7, 11) is 0. The zero-order chi connectivity index (χ0) is 8.97. The van der Waals surface area contributed by atoms with Gasteiger partial charge in [-0.3, -0.25) is 0 Å². The van der Waals surface area contributed by atoms with Gasteiger partial charge in [0.15, 0.2) is 0 Å². The first-order valence-corrected chi connectivity index (χ1v) is 3.88. The highest BCUT2D eigenvalue weighted by Gasteiger charge is 1.98. The first-order chi connectivity index (χ1) is 5.74. The summed E-state index contributed by atoms with van der Waals surface area (Å²) in [5.41, 5.74) is 1.23. The van der Waals surface area contributed by atoms with Crippen LogP contribution in [0.1, 0.15) is 25.3 Å². The van der Waals surface area contributed by atoms with E-state index in [0.29, 0.717) is 11.7 Å². The highest BCUT2D eigenvalue weighted by molar-refractivity contribution is 5.46. The van der Waals surface area contributed by atoms with E-state index in [-0.39, 0.29) is 0 Å². The largest absolute Gasteiger partial charge is 0.423 e. The standard InChI is InChI=1S/C10H11O2/c1-8(2)9-3-5-10(6-4-9)12-7-11/h3-6,8H,1-2H3. The molecule has 0 bridgehead atoms. The molecule has 1 aromatic rings. The maximum atomic E-state index is 9.85. The van der Waals surface area contributed by atoms with E-state index in [1.165, 1.54) is 12.0 Å². The van der Waals surface area contributed by atoms with E-state index in [2.05, 4.69) is 18.6 Å². The van der Waals surface area contributed by atoms with Gasteiger partial charge in [0.1, 0.15) is 5.75 Å². The van der Waals surface area contributed by atoms with Gasteiger partial charge in [0, 0.05) is 0 Å². The van der Waals surface area contributed by atoms with Gasteiger partial charge >= 0.3 is 6.47 Å². The first-order valence-electron chi connectivity index (χ1n) is 3.88. The summed E-state index contributed by atoms with van der Waals surface area (Å²) in [6.07, 6.45) is 0. The fourth-order valence-corrected chi connectivity index (χ4v) is 0.969. The predicted molar refractivity (Wildman–Crippen MR) is 46.9 cm³/mol. The number of hydrogen-bond acceptors (Lipinski definition) is 2. The van der Waals surface area contributed by atoms with Crippen LogP contribution < -0.4 is 4.74 Å². The molecule has 0 aliphatic rings. The third-order valence-corrected chi connectivity index (χ3v) is 1.71. The van der Waals surface area contributed by atoms with Crippen LogP contribution in [-0.4, -0.2) is 6.47 Å². The topological polar surface area (TPSA) is 26.3 Å². The quantitative estimate of drug-likeness (QED) is 0.683. The molecule has 0 heterocycles. The summed E-state index contributed by atoms with van der Waals surface area (Å²) in [5.74, 6) is 1.04. The third kappa shape index (κ3) is 2.09. The molecule has 0 spiro atoms. The first kappa shape index (κ1) is 8.78. The lowest BCUT2D eigenvalue weighted by Crippen LogP contribution is -1.90. The van der Waals surface area contributed by atoms with E-state index < -0.39 is 0 Å². The molecular weight excluding hydrogens is 152 g/mol. The molecule has 0 unspecified atom stereocenters. The Hall–Kier alpha value is -1.31. The highest BCUT2D eigenvalue weighted by Crippen LogP contribution is 2.17. The lowest BCUT2D eigenvalue weighted by atomic mass is 10.0. The van der Waals surface area contributed by atoms with Crippen molar-refractivity contribution >= 4 is 6.47 Å². The SMILES string of the molecule is CC(C)c1ccc(O[C]=O)cc1. The molecular formula is C10H11O2. The van der Waals surface area contributed by atoms with E-state index >= 15 is 0 Å². The molecule has 2 heteroatoms. The smallest absolute Gasteiger partial charge is 0.418 e. The Morgan fingerprint density at radius 2 is 1.83 bits per heavy atom. The van der Waals surface area contributed by atoms with Crippen molar-refractivity contribution in [1.82, 2.24) is 0 Å². The van der Waals surface area contributed by atoms with E-state index in [0.717, 1.165) is 0 Å². The number of ether oxygens (including phenoxy) is 1. The van der Waals surface area contributed by atoms with Crippen molar-refractivity contribution in [3.05, 3.63) is 29.8 Å². The Labute approximate surface area is 72.2 Å². The molecule has 0 saturated heterocycles. The molecule has 0 fully saturated rings. The van der Waals surface area contributed by atoms with Crippen LogP contribution in [0.4, 0.5) is 0 Å². The van der Waals surface area contributed by atoms with E-state index in [4.69, 9.17) is 0 Å². The summed E-state index contributed by atoms with van der Waals surface area (Å²) < 4.78 is 4.54. The van der Waals surface area contributed by atoms with Crippen LogP contribution >= 0.6 is 0 Å². The van der Waals surface area contributed by atoms with Crippen LogP contribution in [0, 0.1) is 0 Å². The Balaban J connectivity index is 2.78. The predicted octanol–water partition coefficient (Wildman–Crippen LogP) is 2.26. The summed E-state index contributed by atoms with van der Waals surface area (Å²) in [6.45, 7) is 5.61. The van der Waals surface area contributed by atoms with Crippen molar-refractivity contribution < 1.29 is 9.53 Å². The van der Waals surface area contributed by atoms with Gasteiger partial charge in [-0.15, -0.1) is 0 Å². The lowest BCUT2D eigenvalue weighted by molar-refractivity contribution is 0.442. The molecule has 1 radical (unpaired) electrons. The third-order valence-electron chi connectivity index (χ3n) is 1.71. The summed E-state index contributed by atoms with van der Waals surface area (Å²) >= 11 is 0. The second-order valence-electron chi connectivity index (χ2n) is 2.91. The molecule has 0 aromatic heterocycles. The van der Waals surface area contributed by atoms with Crippen LogP contribution in [0.3, 0.4) is 0 Å². The van der Waals surface area contributed by atoms with Gasteiger partial charge in [0.05, 0.1) is 0 Å². The van der Waals surface area contributed by atoms with Crippen molar-refractivity contribution in [2.75, 3.05) is 0 Å². The fourth-order valence-electron chi connectivity index (χ4n) is 0.969. The van der Waals surface area contributed by atoms with Crippen molar-refractivity contribution in [2.45, 2.75) is 19.8 Å². The molecule has 0 aliphatic carbocycles. The molecule has 0 amide bonds. The fraction of sp³-hybridized carbons (Fsp3) is 0.300. The minimum absolute atomic E-state index is 0.499. The maximum absolute atomic E-state index is 9.85. The van der Waals surface area contributed by atoms with Gasteiger partial charge in [0.2, 0.25) is 0 Å². The summed E-state index contributed by atoms with van der Waals surface area (Å²) in [6, 6.07) is 7.41. The highest BCUT2D eigenvalue weighted by atomic mass is 16.5. The molecule has 1 rings (SSSR count). The second-order valence-corrected chi connectivity index (χ2v) is 2.91. The zero-order valence-electron chi connectivity index (χ0n) is 7.20. The van der Waals surface area contributed by atoms with Gasteiger partial charge in [-0.25, -0.2) is 4.79 Å². The van der Waals surface area contributed by atoms with Crippen molar-refractivity contribution in [3.8, 4) is 5.75 Å². The van der Waals surface area contributed by atoms with Gasteiger partial charge in [0.25, 0.3) is 0 Å². The van der Waals surface area contributed by atoms with Crippen LogP contribution in [0.15, 0.2) is 24.3 Å². The average molecular weight is 163 g/mol.